The van der Waals surface area contributed by atoms with Gasteiger partial charge in [0.05, 0.1) is 19.3 Å². The number of ether oxygens (including phenoxy) is 3. The van der Waals surface area contributed by atoms with Crippen LogP contribution in [0.1, 0.15) is 31.4 Å². The fourth-order valence-electron chi connectivity index (χ4n) is 3.48. The van der Waals surface area contributed by atoms with Gasteiger partial charge in [-0.2, -0.15) is 4.98 Å². The van der Waals surface area contributed by atoms with Crippen LogP contribution >= 0.6 is 11.3 Å². The van der Waals surface area contributed by atoms with E-state index in [4.69, 9.17) is 19.9 Å². The molecule has 164 valence electrons. The van der Waals surface area contributed by atoms with Gasteiger partial charge in [-0.05, 0) is 11.4 Å². The Morgan fingerprint density at radius 1 is 1.39 bits per heavy atom. The van der Waals surface area contributed by atoms with E-state index in [9.17, 15) is 14.4 Å². The van der Waals surface area contributed by atoms with Crippen LogP contribution in [-0.2, 0) is 30.3 Å². The van der Waals surface area contributed by atoms with E-state index in [1.807, 2.05) is 17.5 Å². The lowest BCUT2D eigenvalue weighted by Crippen LogP contribution is -2.39. The highest BCUT2D eigenvalue weighted by Gasteiger charge is 2.45. The number of fused-ring (bicyclic) bond motifs is 1. The monoisotopic (exact) mass is 447 g/mol. The smallest absolute Gasteiger partial charge is 0.333 e. The van der Waals surface area contributed by atoms with E-state index in [1.165, 1.54) is 33.6 Å². The molecular formula is C19H21N5O6S. The summed E-state index contributed by atoms with van der Waals surface area (Å²) < 4.78 is 19.3. The summed E-state index contributed by atoms with van der Waals surface area (Å²) in [6.07, 6.45) is -1.32. The fourth-order valence-corrected chi connectivity index (χ4v) is 4.17. The first-order valence-corrected chi connectivity index (χ1v) is 10.5. The highest BCUT2D eigenvalue weighted by atomic mass is 32.1. The Bertz CT molecular complexity index is 1170. The van der Waals surface area contributed by atoms with Gasteiger partial charge in [0, 0.05) is 18.2 Å². The molecular weight excluding hydrogens is 426 g/mol. The number of nitrogen functional groups attached to an aromatic ring is 1. The van der Waals surface area contributed by atoms with Crippen molar-refractivity contribution in [3.63, 3.8) is 0 Å². The molecule has 11 nitrogen and oxygen atoms in total. The molecule has 0 bridgehead atoms. The van der Waals surface area contributed by atoms with Gasteiger partial charge in [0.2, 0.25) is 5.95 Å². The summed E-state index contributed by atoms with van der Waals surface area (Å²) in [6.45, 7) is 3.14. The number of nitrogens with zero attached hydrogens (tertiary/aromatic N) is 4. The van der Waals surface area contributed by atoms with Gasteiger partial charge in [0.25, 0.3) is 0 Å². The molecule has 0 aromatic carbocycles. The summed E-state index contributed by atoms with van der Waals surface area (Å²) in [7, 11) is 0. The van der Waals surface area contributed by atoms with Crippen molar-refractivity contribution in [2.45, 2.75) is 45.2 Å². The SMILES string of the molecule is CCC(=O)OC1CO[C@@H](n2c(=O)n(Cc3cccs3)c3cnc(N)nc32)[C@@H]1OC(C)=O. The number of rotatable bonds is 6. The van der Waals surface area contributed by atoms with Crippen LogP contribution < -0.4 is 11.4 Å². The maximum atomic E-state index is 13.4. The van der Waals surface area contributed by atoms with Crippen LogP contribution in [0.25, 0.3) is 11.2 Å². The van der Waals surface area contributed by atoms with Gasteiger partial charge in [-0.1, -0.05) is 13.0 Å². The van der Waals surface area contributed by atoms with Crippen molar-refractivity contribution >= 4 is 40.4 Å². The molecule has 31 heavy (non-hydrogen) atoms. The summed E-state index contributed by atoms with van der Waals surface area (Å²) in [5, 5.41) is 1.91. The lowest BCUT2D eigenvalue weighted by molar-refractivity contribution is -0.165. The van der Waals surface area contributed by atoms with Crippen LogP contribution in [0.3, 0.4) is 0 Å². The van der Waals surface area contributed by atoms with Crippen LogP contribution in [0.15, 0.2) is 28.5 Å². The van der Waals surface area contributed by atoms with Gasteiger partial charge >= 0.3 is 17.6 Å². The minimum absolute atomic E-state index is 0.0227. The van der Waals surface area contributed by atoms with Crippen LogP contribution in [-0.4, -0.2) is 49.9 Å². The Morgan fingerprint density at radius 3 is 2.87 bits per heavy atom. The predicted molar refractivity (Wildman–Crippen MR) is 110 cm³/mol. The van der Waals surface area contributed by atoms with Crippen molar-refractivity contribution in [3.05, 3.63) is 39.1 Å². The highest BCUT2D eigenvalue weighted by molar-refractivity contribution is 7.09. The Kier molecular flexibility index (Phi) is 5.74. The molecule has 0 spiro atoms. The summed E-state index contributed by atoms with van der Waals surface area (Å²) in [4.78, 5) is 46.2. The molecule has 1 fully saturated rings. The maximum Gasteiger partial charge on any atom is 0.333 e. The molecule has 12 heteroatoms. The van der Waals surface area contributed by atoms with E-state index in [1.54, 1.807) is 6.92 Å². The Balaban J connectivity index is 1.81. The lowest BCUT2D eigenvalue weighted by Gasteiger charge is -2.22. The maximum absolute atomic E-state index is 13.4. The van der Waals surface area contributed by atoms with E-state index in [0.29, 0.717) is 12.1 Å². The van der Waals surface area contributed by atoms with Gasteiger partial charge in [-0.15, -0.1) is 11.3 Å². The normalized spacial score (nSPS) is 20.8. The van der Waals surface area contributed by atoms with Crippen LogP contribution in [0.5, 0.6) is 0 Å². The van der Waals surface area contributed by atoms with Crippen LogP contribution in [0.4, 0.5) is 5.95 Å². The molecule has 3 aromatic rings. The van der Waals surface area contributed by atoms with Gasteiger partial charge in [-0.3, -0.25) is 14.2 Å². The van der Waals surface area contributed by atoms with E-state index < -0.39 is 36.1 Å². The van der Waals surface area contributed by atoms with Crippen molar-refractivity contribution in [3.8, 4) is 0 Å². The first kappa shape index (κ1) is 21.0. The molecule has 3 atom stereocenters. The van der Waals surface area contributed by atoms with Crippen molar-refractivity contribution in [2.75, 3.05) is 12.3 Å². The molecule has 0 radical (unpaired) electrons. The zero-order valence-corrected chi connectivity index (χ0v) is 17.7. The zero-order valence-electron chi connectivity index (χ0n) is 16.9. The van der Waals surface area contributed by atoms with Crippen molar-refractivity contribution in [1.29, 1.82) is 0 Å². The molecule has 0 aliphatic carbocycles. The van der Waals surface area contributed by atoms with Gasteiger partial charge in [0.1, 0.15) is 5.52 Å². The minimum Gasteiger partial charge on any atom is -0.456 e. The van der Waals surface area contributed by atoms with Crippen LogP contribution in [0, 0.1) is 0 Å². The second kappa shape index (κ2) is 8.47. The number of aromatic nitrogens is 4. The third-order valence-corrected chi connectivity index (χ3v) is 5.69. The largest absolute Gasteiger partial charge is 0.456 e. The highest BCUT2D eigenvalue weighted by Crippen LogP contribution is 2.31. The van der Waals surface area contributed by atoms with Crippen LogP contribution in [0.2, 0.25) is 0 Å². The van der Waals surface area contributed by atoms with Crippen molar-refractivity contribution in [2.24, 2.45) is 0 Å². The number of nitrogens with two attached hydrogens (primary N) is 1. The Hall–Kier alpha value is -3.25. The molecule has 0 amide bonds. The van der Waals surface area contributed by atoms with E-state index in [2.05, 4.69) is 9.97 Å². The van der Waals surface area contributed by atoms with Gasteiger partial charge < -0.3 is 19.9 Å². The molecule has 1 aliphatic heterocycles. The fraction of sp³-hybridized carbons (Fsp3) is 0.421. The number of hydrogen-bond donors (Lipinski definition) is 1. The number of hydrogen-bond acceptors (Lipinski definition) is 10. The molecule has 4 heterocycles. The third-order valence-electron chi connectivity index (χ3n) is 4.83. The predicted octanol–water partition coefficient (Wildman–Crippen LogP) is 1.07. The topological polar surface area (TPSA) is 141 Å². The first-order valence-electron chi connectivity index (χ1n) is 9.63. The average molecular weight is 447 g/mol. The standard InChI is InChI=1S/C19H21N5O6S/c1-3-14(26)30-13-9-28-17(15(13)29-10(2)25)24-16-12(7-21-18(20)22-16)23(19(24)27)8-11-5-4-6-31-11/h4-7,13,15,17H,3,8-9H2,1-2H3,(H2,20,21,22)/t13?,15-,17-/m1/s1. The molecule has 0 saturated carbocycles. The molecule has 4 rings (SSSR count). The Labute approximate surface area is 180 Å². The summed E-state index contributed by atoms with van der Waals surface area (Å²) in [5.41, 5.74) is 6.02. The summed E-state index contributed by atoms with van der Waals surface area (Å²) in [6, 6.07) is 3.80. The average Bonchev–Trinajstić information content (AvgIpc) is 3.43. The summed E-state index contributed by atoms with van der Waals surface area (Å²) in [5.74, 6) is -1.08. The number of carbonyl (C=O) groups is 2. The van der Waals surface area contributed by atoms with Crippen molar-refractivity contribution < 1.29 is 23.8 Å². The molecule has 1 unspecified atom stereocenters. The second-order valence-corrected chi connectivity index (χ2v) is 7.97. The molecule has 1 aliphatic rings. The lowest BCUT2D eigenvalue weighted by atomic mass is 10.2. The third kappa shape index (κ3) is 4.03. The number of anilines is 1. The molecule has 1 saturated heterocycles. The minimum atomic E-state index is -1.05. The first-order chi connectivity index (χ1) is 14.9. The second-order valence-electron chi connectivity index (χ2n) is 6.93. The van der Waals surface area contributed by atoms with E-state index in [0.717, 1.165) is 4.88 Å². The van der Waals surface area contributed by atoms with E-state index >= 15 is 0 Å². The number of esters is 2. The van der Waals surface area contributed by atoms with E-state index in [-0.39, 0.29) is 24.6 Å². The Morgan fingerprint density at radius 2 is 2.19 bits per heavy atom. The quantitative estimate of drug-likeness (QED) is 0.549. The number of carbonyl (C=O) groups excluding carboxylic acids is 2. The summed E-state index contributed by atoms with van der Waals surface area (Å²) >= 11 is 1.51. The molecule has 3 aromatic heterocycles. The van der Waals surface area contributed by atoms with Gasteiger partial charge in [0.15, 0.2) is 24.1 Å². The number of imidazole rings is 1. The number of thiophene rings is 1. The zero-order chi connectivity index (χ0) is 22.1. The van der Waals surface area contributed by atoms with Crippen molar-refractivity contribution in [1.82, 2.24) is 19.1 Å². The van der Waals surface area contributed by atoms with Gasteiger partial charge in [-0.25, -0.2) is 14.3 Å². The molecule has 2 N–H and O–H groups in total.